The lowest BCUT2D eigenvalue weighted by Gasteiger charge is -2.32. The van der Waals surface area contributed by atoms with Crippen LogP contribution in [0.4, 0.5) is 5.82 Å². The van der Waals surface area contributed by atoms with Crippen LogP contribution in [0.15, 0.2) is 29.8 Å². The van der Waals surface area contributed by atoms with Crippen molar-refractivity contribution in [2.24, 2.45) is 0 Å². The summed E-state index contributed by atoms with van der Waals surface area (Å²) in [5.74, 6) is -0.446. The van der Waals surface area contributed by atoms with Crippen molar-refractivity contribution >= 4 is 29.0 Å². The van der Waals surface area contributed by atoms with E-state index >= 15 is 0 Å². The molecule has 1 aliphatic heterocycles. The summed E-state index contributed by atoms with van der Waals surface area (Å²) in [6, 6.07) is 5.17. The molecule has 0 radical (unpaired) electrons. The summed E-state index contributed by atoms with van der Waals surface area (Å²) in [5.41, 5.74) is 0. The lowest BCUT2D eigenvalue weighted by Crippen LogP contribution is -2.47. The minimum Gasteiger partial charge on any atom is -0.480 e. The number of thiophene rings is 1. The molecule has 24 heavy (non-hydrogen) atoms. The van der Waals surface area contributed by atoms with Crippen LogP contribution in [0.25, 0.3) is 0 Å². The van der Waals surface area contributed by atoms with Crippen molar-refractivity contribution in [2.75, 3.05) is 18.4 Å². The molecule has 0 aromatic carbocycles. The number of nitrogens with zero attached hydrogens (tertiary/aromatic N) is 3. The maximum Gasteiger partial charge on any atom is 0.320 e. The number of anilines is 1. The average Bonchev–Trinajstić information content (AvgIpc) is 3.21. The summed E-state index contributed by atoms with van der Waals surface area (Å²) in [6.45, 7) is 1.32. The highest BCUT2D eigenvalue weighted by Gasteiger charge is 2.29. The first-order valence-electron chi connectivity index (χ1n) is 7.94. The second-order valence-electron chi connectivity index (χ2n) is 5.82. The number of rotatable bonds is 6. The zero-order chi connectivity index (χ0) is 16.9. The fourth-order valence-electron chi connectivity index (χ4n) is 2.94. The van der Waals surface area contributed by atoms with Gasteiger partial charge >= 0.3 is 5.97 Å². The van der Waals surface area contributed by atoms with Crippen molar-refractivity contribution < 1.29 is 14.7 Å². The van der Waals surface area contributed by atoms with Crippen LogP contribution >= 0.6 is 11.3 Å². The van der Waals surface area contributed by atoms with Gasteiger partial charge in [-0.3, -0.25) is 14.5 Å². The highest BCUT2D eigenvalue weighted by Crippen LogP contribution is 2.18. The first-order valence-corrected chi connectivity index (χ1v) is 8.82. The Balaban J connectivity index is 1.61. The molecule has 1 unspecified atom stereocenters. The summed E-state index contributed by atoms with van der Waals surface area (Å²) in [7, 11) is 0. The van der Waals surface area contributed by atoms with Crippen LogP contribution in [0.2, 0.25) is 0 Å². The topological polar surface area (TPSA) is 87.5 Å². The van der Waals surface area contributed by atoms with Gasteiger partial charge in [0.25, 0.3) is 0 Å². The van der Waals surface area contributed by atoms with Crippen LogP contribution < -0.4 is 5.32 Å². The van der Waals surface area contributed by atoms with Crippen LogP contribution in [-0.4, -0.2) is 50.8 Å². The summed E-state index contributed by atoms with van der Waals surface area (Å²) >= 11 is 1.63. The Morgan fingerprint density at radius 3 is 3.00 bits per heavy atom. The maximum absolute atomic E-state index is 12.3. The second-order valence-corrected chi connectivity index (χ2v) is 6.85. The highest BCUT2D eigenvalue weighted by atomic mass is 32.1. The van der Waals surface area contributed by atoms with Crippen molar-refractivity contribution in [3.05, 3.63) is 34.7 Å². The van der Waals surface area contributed by atoms with Gasteiger partial charge in [0.2, 0.25) is 5.91 Å². The molecule has 1 saturated heterocycles. The van der Waals surface area contributed by atoms with Crippen molar-refractivity contribution in [3.8, 4) is 0 Å². The molecule has 1 fully saturated rings. The third kappa shape index (κ3) is 4.01. The molecule has 0 aliphatic carbocycles. The van der Waals surface area contributed by atoms with Crippen LogP contribution in [0.5, 0.6) is 0 Å². The number of piperidine rings is 1. The van der Waals surface area contributed by atoms with Crippen molar-refractivity contribution in [2.45, 2.75) is 31.8 Å². The van der Waals surface area contributed by atoms with Crippen LogP contribution in [-0.2, 0) is 16.1 Å². The van der Waals surface area contributed by atoms with Gasteiger partial charge in [-0.15, -0.1) is 11.3 Å². The van der Waals surface area contributed by atoms with E-state index in [-0.39, 0.29) is 12.5 Å². The van der Waals surface area contributed by atoms with E-state index in [4.69, 9.17) is 0 Å². The third-order valence-electron chi connectivity index (χ3n) is 4.12. The van der Waals surface area contributed by atoms with Gasteiger partial charge in [0.15, 0.2) is 0 Å². The van der Waals surface area contributed by atoms with Crippen molar-refractivity contribution in [1.29, 1.82) is 0 Å². The van der Waals surface area contributed by atoms with E-state index in [0.29, 0.717) is 25.3 Å². The quantitative estimate of drug-likeness (QED) is 0.832. The summed E-state index contributed by atoms with van der Waals surface area (Å²) < 4.78 is 1.73. The number of hydrogen-bond acceptors (Lipinski definition) is 5. The first-order chi connectivity index (χ1) is 11.6. The molecule has 8 heteroatoms. The number of nitrogens with one attached hydrogen (secondary N) is 1. The highest BCUT2D eigenvalue weighted by molar-refractivity contribution is 7.09. The number of carboxylic acid groups (broad SMARTS) is 1. The summed E-state index contributed by atoms with van der Waals surface area (Å²) in [5, 5.41) is 18.4. The van der Waals surface area contributed by atoms with Gasteiger partial charge in [-0.1, -0.05) is 12.5 Å². The largest absolute Gasteiger partial charge is 0.480 e. The van der Waals surface area contributed by atoms with Gasteiger partial charge in [-0.25, -0.2) is 4.68 Å². The average molecular weight is 348 g/mol. The van der Waals surface area contributed by atoms with Gasteiger partial charge < -0.3 is 10.4 Å². The van der Waals surface area contributed by atoms with Crippen molar-refractivity contribution in [3.63, 3.8) is 0 Å². The molecule has 3 heterocycles. The number of hydrogen-bond donors (Lipinski definition) is 2. The van der Waals surface area contributed by atoms with Gasteiger partial charge in [0.1, 0.15) is 11.9 Å². The van der Waals surface area contributed by atoms with E-state index in [1.807, 2.05) is 17.5 Å². The molecule has 7 nitrogen and oxygen atoms in total. The number of carboxylic acids is 1. The Bertz CT molecular complexity index is 698. The zero-order valence-corrected chi connectivity index (χ0v) is 14.0. The Labute approximate surface area is 143 Å². The molecular weight excluding hydrogens is 328 g/mol. The zero-order valence-electron chi connectivity index (χ0n) is 13.2. The van der Waals surface area contributed by atoms with E-state index in [0.717, 1.165) is 17.7 Å². The van der Waals surface area contributed by atoms with E-state index in [9.17, 15) is 14.7 Å². The minimum atomic E-state index is -0.856. The van der Waals surface area contributed by atoms with Gasteiger partial charge in [0, 0.05) is 10.9 Å². The Morgan fingerprint density at radius 2 is 2.25 bits per heavy atom. The molecule has 1 atom stereocenters. The fraction of sp³-hybridized carbons (Fsp3) is 0.438. The summed E-state index contributed by atoms with van der Waals surface area (Å²) in [6.07, 6.45) is 4.05. The number of aliphatic carboxylic acids is 1. The smallest absolute Gasteiger partial charge is 0.320 e. The molecule has 2 N–H and O–H groups in total. The maximum atomic E-state index is 12.3. The second kappa shape index (κ2) is 7.59. The SMILES string of the molecule is O=C(CN1CCCCC1C(=O)O)Nc1ccnn1Cc1cccs1. The van der Waals surface area contributed by atoms with Crippen molar-refractivity contribution in [1.82, 2.24) is 14.7 Å². The van der Waals surface area contributed by atoms with Crippen LogP contribution in [0.3, 0.4) is 0 Å². The standard InChI is InChI=1S/C16H20N4O3S/c21-15(11-19-8-2-1-5-13(19)16(22)23)18-14-6-7-17-20(14)10-12-4-3-9-24-12/h3-4,6-7,9,13H,1-2,5,8,10-11H2,(H,18,21)(H,22,23). The molecule has 128 valence electrons. The Kier molecular flexibility index (Phi) is 5.27. The van der Waals surface area contributed by atoms with E-state index in [1.165, 1.54) is 0 Å². The molecule has 0 spiro atoms. The summed E-state index contributed by atoms with van der Waals surface area (Å²) in [4.78, 5) is 26.5. The molecular formula is C16H20N4O3S. The number of likely N-dealkylation sites (tertiary alicyclic amines) is 1. The Hall–Kier alpha value is -2.19. The predicted molar refractivity (Wildman–Crippen MR) is 91.1 cm³/mol. The monoisotopic (exact) mass is 348 g/mol. The van der Waals surface area contributed by atoms with E-state index in [2.05, 4.69) is 10.4 Å². The van der Waals surface area contributed by atoms with E-state index in [1.54, 1.807) is 33.2 Å². The Morgan fingerprint density at radius 1 is 1.38 bits per heavy atom. The molecule has 2 aromatic heterocycles. The number of aromatic nitrogens is 2. The normalized spacial score (nSPS) is 18.4. The lowest BCUT2D eigenvalue weighted by molar-refractivity contribution is -0.145. The number of carbonyl (C=O) groups is 2. The molecule has 1 aliphatic rings. The fourth-order valence-corrected chi connectivity index (χ4v) is 3.63. The lowest BCUT2D eigenvalue weighted by atomic mass is 10.0. The number of carbonyl (C=O) groups excluding carboxylic acids is 1. The van der Waals surface area contributed by atoms with Crippen LogP contribution in [0.1, 0.15) is 24.1 Å². The molecule has 0 saturated carbocycles. The molecule has 1 amide bonds. The molecule has 3 rings (SSSR count). The van der Waals surface area contributed by atoms with E-state index < -0.39 is 12.0 Å². The van der Waals surface area contributed by atoms with Gasteiger partial charge in [-0.2, -0.15) is 5.10 Å². The van der Waals surface area contributed by atoms with Gasteiger partial charge in [-0.05, 0) is 30.8 Å². The first kappa shape index (κ1) is 16.7. The van der Waals surface area contributed by atoms with Crippen LogP contribution in [0, 0.1) is 0 Å². The molecule has 0 bridgehead atoms. The predicted octanol–water partition coefficient (Wildman–Crippen LogP) is 1.87. The van der Waals surface area contributed by atoms with Gasteiger partial charge in [0.05, 0.1) is 19.3 Å². The third-order valence-corrected chi connectivity index (χ3v) is 4.98. The minimum absolute atomic E-state index is 0.0845. The molecule has 2 aromatic rings. The number of amides is 1.